The van der Waals surface area contributed by atoms with Crippen LogP contribution in [0.3, 0.4) is 0 Å². The van der Waals surface area contributed by atoms with Gasteiger partial charge in [0.2, 0.25) is 59.1 Å². The van der Waals surface area contributed by atoms with Gasteiger partial charge in [-0.1, -0.05) is 52.0 Å². The molecular formula is C57H90N10O26P2. The van der Waals surface area contributed by atoms with Crippen LogP contribution in [0.4, 0.5) is 0 Å². The predicted molar refractivity (Wildman–Crippen MR) is 332 cm³/mol. The number of benzene rings is 2. The maximum Gasteiger partial charge on any atom is 0.524 e. The van der Waals surface area contributed by atoms with Crippen LogP contribution in [0.25, 0.3) is 0 Å². The van der Waals surface area contributed by atoms with Crippen LogP contribution >= 0.6 is 15.6 Å². The molecule has 2 aromatic carbocycles. The number of aliphatic carboxylic acids is 1. The van der Waals surface area contributed by atoms with Crippen LogP contribution in [-0.4, -0.2) is 220 Å². The second-order valence-corrected chi connectivity index (χ2v) is 24.7. The lowest BCUT2D eigenvalue weighted by Gasteiger charge is -2.27. The van der Waals surface area contributed by atoms with Crippen LogP contribution < -0.4 is 62.6 Å². The quantitative estimate of drug-likeness (QED) is 0.0224. The molecule has 534 valence electrons. The normalized spacial score (nSPS) is 14.4. The van der Waals surface area contributed by atoms with Gasteiger partial charge in [-0.3, -0.25) is 72.3 Å². The zero-order valence-corrected chi connectivity index (χ0v) is 55.4. The van der Waals surface area contributed by atoms with Crippen molar-refractivity contribution in [2.75, 3.05) is 65.9 Å². The van der Waals surface area contributed by atoms with Gasteiger partial charge in [-0.15, -0.1) is 0 Å². The predicted octanol–water partition coefficient (Wildman–Crippen LogP) is -3.67. The molecule has 0 radical (unpaired) electrons. The topological polar surface area (TPSA) is 553 Å². The summed E-state index contributed by atoms with van der Waals surface area (Å²) in [6, 6.07) is 0.258. The minimum Gasteiger partial charge on any atom is -0.481 e. The summed E-state index contributed by atoms with van der Waals surface area (Å²) in [4.78, 5) is 179. The first-order chi connectivity index (χ1) is 44.4. The number of primary amides is 1. The third kappa shape index (κ3) is 36.7. The Morgan fingerprint density at radius 3 is 1.33 bits per heavy atom. The summed E-state index contributed by atoms with van der Waals surface area (Å²) in [5.41, 5.74) is 6.17. The number of nitrogens with one attached hydrogen (secondary N) is 9. The highest BCUT2D eigenvalue weighted by molar-refractivity contribution is 7.47. The molecule has 10 amide bonds. The van der Waals surface area contributed by atoms with E-state index in [4.69, 9.17) is 34.5 Å². The van der Waals surface area contributed by atoms with Crippen molar-refractivity contribution in [3.8, 4) is 11.5 Å². The Labute approximate surface area is 547 Å². The summed E-state index contributed by atoms with van der Waals surface area (Å²) in [6.07, 6.45) is -4.41. The molecule has 0 heterocycles. The van der Waals surface area contributed by atoms with Crippen molar-refractivity contribution in [2.24, 2.45) is 17.6 Å². The van der Waals surface area contributed by atoms with E-state index in [0.717, 1.165) is 13.8 Å². The molecule has 0 spiro atoms. The third-order valence-corrected chi connectivity index (χ3v) is 13.9. The van der Waals surface area contributed by atoms with Crippen molar-refractivity contribution in [3.63, 3.8) is 0 Å². The molecule has 38 heteroatoms. The standard InChI is InChI=1S/C57H90N10O26P2/c1-32(2)26-42(51(58)75)65-57(81)50(35(6)69)67-53(77)41(16-17-48(73)74)64-54(78)45(29-38-10-14-40(15-11-38)93-95(85,86)87)63-47(72)31-91-25-24-90-23-22-89-21-20-88-19-18-59-52(76)43(27-33(3)4)62-46(71)30-60-56(80)49(34(5)68)66-55(79)44(61-36(7)70)28-37-8-12-39(13-9-37)92-94(82,83)84/h8-15,32-35,41-45,49-50,68-69H,16-31H2,1-7H3,(H2,58,75)(H,59,76)(H,60,80)(H,61,70)(H,62,71)(H,63,72)(H,64,78)(H,65,81)(H,66,79)(H,67,77)(H,73,74)(H2,82,83,84)(H2,85,86,87)/t34-,35-,41+,42+,43+,44+,45+,49+,50+/m1/s1. The molecule has 0 saturated carbocycles. The first-order valence-corrected chi connectivity index (χ1v) is 33.0. The van der Waals surface area contributed by atoms with E-state index >= 15 is 0 Å². The van der Waals surface area contributed by atoms with Crippen LogP contribution in [0, 0.1) is 11.8 Å². The van der Waals surface area contributed by atoms with Crippen LogP contribution in [0.2, 0.25) is 0 Å². The Bertz CT molecular complexity index is 2930. The number of rotatable bonds is 47. The van der Waals surface area contributed by atoms with E-state index in [1.807, 2.05) is 13.8 Å². The molecular weight excluding hydrogens is 1300 g/mol. The van der Waals surface area contributed by atoms with E-state index in [1.54, 1.807) is 13.8 Å². The van der Waals surface area contributed by atoms with Crippen molar-refractivity contribution in [1.29, 1.82) is 0 Å². The lowest BCUT2D eigenvalue weighted by Crippen LogP contribution is -2.60. The molecule has 9 atom stereocenters. The molecule has 2 aromatic rings. The minimum absolute atomic E-state index is 0.0165. The first kappa shape index (κ1) is 83.4. The number of phosphoric ester groups is 2. The van der Waals surface area contributed by atoms with Crippen molar-refractivity contribution in [1.82, 2.24) is 47.9 Å². The number of nitrogens with two attached hydrogens (primary N) is 1. The highest BCUT2D eigenvalue weighted by Crippen LogP contribution is 2.38. The number of carboxylic acids is 1. The number of aliphatic hydroxyl groups excluding tert-OH is 2. The van der Waals surface area contributed by atoms with E-state index in [-0.39, 0.29) is 102 Å². The van der Waals surface area contributed by atoms with Gasteiger partial charge >= 0.3 is 21.6 Å². The summed E-state index contributed by atoms with van der Waals surface area (Å²) < 4.78 is 53.5. The summed E-state index contributed by atoms with van der Waals surface area (Å²) in [7, 11) is -9.78. The molecule has 0 aliphatic rings. The number of ether oxygens (including phenoxy) is 4. The van der Waals surface area contributed by atoms with Gasteiger partial charge in [0.05, 0.1) is 65.0 Å². The molecule has 0 aliphatic heterocycles. The van der Waals surface area contributed by atoms with Gasteiger partial charge in [0.25, 0.3) is 0 Å². The lowest BCUT2D eigenvalue weighted by atomic mass is 10.0. The molecule has 0 aliphatic carbocycles. The largest absolute Gasteiger partial charge is 0.524 e. The van der Waals surface area contributed by atoms with Gasteiger partial charge in [-0.05, 0) is 80.3 Å². The Morgan fingerprint density at radius 1 is 0.474 bits per heavy atom. The van der Waals surface area contributed by atoms with Gasteiger partial charge < -0.3 is 96.9 Å². The number of carbonyl (C=O) groups excluding carboxylic acids is 10. The molecule has 0 bridgehead atoms. The summed E-state index contributed by atoms with van der Waals surface area (Å²) in [6.45, 7) is 9.79. The number of hydrogen-bond donors (Lipinski definition) is 17. The lowest BCUT2D eigenvalue weighted by molar-refractivity contribution is -0.139. The van der Waals surface area contributed by atoms with E-state index in [9.17, 15) is 87.0 Å². The van der Waals surface area contributed by atoms with Gasteiger partial charge in [0.15, 0.2) is 0 Å². The molecule has 36 nitrogen and oxygen atoms in total. The van der Waals surface area contributed by atoms with E-state index < -0.39 is 161 Å². The number of aliphatic hydroxyl groups is 2. The molecule has 0 saturated heterocycles. The third-order valence-electron chi connectivity index (χ3n) is 13.0. The van der Waals surface area contributed by atoms with Crippen LogP contribution in [0.5, 0.6) is 11.5 Å². The second kappa shape index (κ2) is 42.7. The number of carbonyl (C=O) groups is 11. The van der Waals surface area contributed by atoms with Crippen molar-refractivity contribution >= 4 is 80.7 Å². The number of carboxylic acid groups (broad SMARTS) is 1. The second-order valence-electron chi connectivity index (χ2n) is 22.4. The van der Waals surface area contributed by atoms with E-state index in [1.165, 1.54) is 55.5 Å². The molecule has 18 N–H and O–H groups in total. The average Bonchev–Trinajstić information content (AvgIpc) is 1.08. The van der Waals surface area contributed by atoms with Gasteiger partial charge in [-0.2, -0.15) is 0 Å². The Hall–Kier alpha value is -7.73. The maximum absolute atomic E-state index is 13.9. The van der Waals surface area contributed by atoms with Crippen LogP contribution in [0.15, 0.2) is 48.5 Å². The van der Waals surface area contributed by atoms with Crippen LogP contribution in [-0.2, 0) is 93.7 Å². The first-order valence-electron chi connectivity index (χ1n) is 29.9. The number of amides is 10. The molecule has 0 fully saturated rings. The Balaban J connectivity index is 1.87. The van der Waals surface area contributed by atoms with Crippen LogP contribution in [0.1, 0.15) is 85.3 Å². The summed E-state index contributed by atoms with van der Waals surface area (Å²) in [5.74, 6) is -10.6. The fourth-order valence-electron chi connectivity index (χ4n) is 8.54. The zero-order valence-electron chi connectivity index (χ0n) is 53.6. The molecule has 2 rings (SSSR count). The number of phosphoric acid groups is 2. The van der Waals surface area contributed by atoms with E-state index in [2.05, 4.69) is 56.9 Å². The average molecular weight is 1390 g/mol. The highest BCUT2D eigenvalue weighted by Gasteiger charge is 2.35. The fourth-order valence-corrected chi connectivity index (χ4v) is 9.34. The summed E-state index contributed by atoms with van der Waals surface area (Å²) >= 11 is 0. The molecule has 0 unspecified atom stereocenters. The Morgan fingerprint density at radius 2 is 0.884 bits per heavy atom. The molecule has 95 heavy (non-hydrogen) atoms. The number of hydrogen-bond acceptors (Lipinski definition) is 21. The zero-order chi connectivity index (χ0) is 71.6. The minimum atomic E-state index is -4.94. The van der Waals surface area contributed by atoms with Gasteiger partial charge in [-0.25, -0.2) is 9.13 Å². The SMILES string of the molecule is CC(=O)N[C@@H](Cc1ccc(OP(=O)(O)O)cc1)C(=O)N[C@H](C(=O)NCC(=O)N[C@@H](CC(C)C)C(=O)NCCOCCOCCOCCOCC(=O)N[C@@H](Cc1ccc(OP(=O)(O)O)cc1)C(=O)N[C@@H](CCC(=O)O)C(=O)N[C@H](C(=O)N[C@@H](CC(C)C)C(N)=O)[C@@H](C)O)[C@@H](C)O. The summed E-state index contributed by atoms with van der Waals surface area (Å²) in [5, 5.41) is 52.2. The van der Waals surface area contributed by atoms with Crippen molar-refractivity contribution < 1.29 is 125 Å². The van der Waals surface area contributed by atoms with E-state index in [0.29, 0.717) is 11.1 Å². The molecule has 0 aromatic heterocycles. The van der Waals surface area contributed by atoms with Gasteiger partial charge in [0, 0.05) is 32.7 Å². The smallest absolute Gasteiger partial charge is 0.481 e. The Kier molecular flexibility index (Phi) is 37.4. The van der Waals surface area contributed by atoms with Crippen molar-refractivity contribution in [3.05, 3.63) is 59.7 Å². The fraction of sp³-hybridized carbons (Fsp3) is 0.596. The van der Waals surface area contributed by atoms with Gasteiger partial charge in [0.1, 0.15) is 60.4 Å². The monoisotopic (exact) mass is 1390 g/mol. The van der Waals surface area contributed by atoms with Crippen molar-refractivity contribution in [2.45, 2.75) is 141 Å². The maximum atomic E-state index is 13.9. The highest BCUT2D eigenvalue weighted by atomic mass is 31.2.